The monoisotopic (exact) mass is 166 g/mol. The summed E-state index contributed by atoms with van der Waals surface area (Å²) in [6.07, 6.45) is 0. The van der Waals surface area contributed by atoms with Crippen molar-refractivity contribution in [3.05, 3.63) is 0 Å². The molecule has 2 unspecified atom stereocenters. The fourth-order valence-electron chi connectivity index (χ4n) is 0.604. The number of carbonyl (C=O) groups is 1. The van der Waals surface area contributed by atoms with Crippen molar-refractivity contribution >= 4 is 17.0 Å². The van der Waals surface area contributed by atoms with E-state index in [0.717, 1.165) is 0 Å². The Morgan fingerprint density at radius 3 is 1.90 bits per heavy atom. The Hall–Kier alpha value is -0.420. The minimum Gasteiger partial charge on any atom is -0.480 e. The van der Waals surface area contributed by atoms with Crippen molar-refractivity contribution in [3.8, 4) is 0 Å². The van der Waals surface area contributed by atoms with Crippen LogP contribution in [0.25, 0.3) is 0 Å². The van der Waals surface area contributed by atoms with Gasteiger partial charge in [-0.25, -0.2) is 4.21 Å². The molecular formula is C5H10O4S. The molecule has 0 aliphatic carbocycles. The molecule has 60 valence electrons. The van der Waals surface area contributed by atoms with Crippen molar-refractivity contribution in [3.63, 3.8) is 0 Å². The molecule has 2 N–H and O–H groups in total. The molecule has 0 saturated carbocycles. The van der Waals surface area contributed by atoms with Gasteiger partial charge in [-0.05, 0) is 5.92 Å². The minimum atomic E-state index is -2.26. The van der Waals surface area contributed by atoms with Crippen LogP contribution >= 0.6 is 0 Å². The lowest BCUT2D eigenvalue weighted by Crippen LogP contribution is -2.30. The first-order valence-electron chi connectivity index (χ1n) is 2.79. The first-order chi connectivity index (χ1) is 4.46. The standard InChI is InChI=1S/C5H10O4S/c1-3(2)4(5(6)7)10(8)9/h3-4H,1-2H3,(H,6,7)(H,8,9). The average molecular weight is 166 g/mol. The van der Waals surface area contributed by atoms with Crippen molar-refractivity contribution in [1.29, 1.82) is 0 Å². The van der Waals surface area contributed by atoms with Crippen molar-refractivity contribution < 1.29 is 18.7 Å². The molecule has 0 amide bonds. The topological polar surface area (TPSA) is 74.6 Å². The molecule has 0 bridgehead atoms. The Bertz CT molecular complexity index is 140. The Kier molecular flexibility index (Phi) is 3.52. The van der Waals surface area contributed by atoms with E-state index >= 15 is 0 Å². The number of aliphatic carboxylic acids is 1. The van der Waals surface area contributed by atoms with E-state index in [2.05, 4.69) is 0 Å². The van der Waals surface area contributed by atoms with Crippen LogP contribution in [0.3, 0.4) is 0 Å². The molecule has 2 atom stereocenters. The summed E-state index contributed by atoms with van der Waals surface area (Å²) in [6, 6.07) is 0. The van der Waals surface area contributed by atoms with Gasteiger partial charge in [0.25, 0.3) is 0 Å². The van der Waals surface area contributed by atoms with E-state index in [9.17, 15) is 9.00 Å². The predicted octanol–water partition coefficient (Wildman–Crippen LogP) is 0.317. The molecule has 0 aromatic rings. The summed E-state index contributed by atoms with van der Waals surface area (Å²) in [7, 11) is 0. The average Bonchev–Trinajstić information content (AvgIpc) is 1.59. The van der Waals surface area contributed by atoms with Gasteiger partial charge in [-0.1, -0.05) is 13.8 Å². The van der Waals surface area contributed by atoms with Gasteiger partial charge in [0, 0.05) is 0 Å². The van der Waals surface area contributed by atoms with E-state index < -0.39 is 22.3 Å². The second-order valence-corrected chi connectivity index (χ2v) is 3.34. The zero-order valence-electron chi connectivity index (χ0n) is 5.77. The van der Waals surface area contributed by atoms with Gasteiger partial charge < -0.3 is 9.66 Å². The van der Waals surface area contributed by atoms with Crippen molar-refractivity contribution in [2.24, 2.45) is 5.92 Å². The number of hydrogen-bond donors (Lipinski definition) is 2. The Morgan fingerprint density at radius 1 is 1.50 bits per heavy atom. The summed E-state index contributed by atoms with van der Waals surface area (Å²) in [4.78, 5) is 10.2. The maximum atomic E-state index is 10.3. The zero-order valence-corrected chi connectivity index (χ0v) is 6.59. The summed E-state index contributed by atoms with van der Waals surface area (Å²) in [5.74, 6) is -1.54. The highest BCUT2D eigenvalue weighted by atomic mass is 32.2. The van der Waals surface area contributed by atoms with Crippen LogP contribution in [-0.4, -0.2) is 25.1 Å². The maximum Gasteiger partial charge on any atom is 0.321 e. The van der Waals surface area contributed by atoms with Crippen LogP contribution in [-0.2, 0) is 15.9 Å². The summed E-state index contributed by atoms with van der Waals surface area (Å²) >= 11 is -2.26. The number of carboxylic acids is 1. The van der Waals surface area contributed by atoms with Crippen LogP contribution in [0.4, 0.5) is 0 Å². The van der Waals surface area contributed by atoms with E-state index in [-0.39, 0.29) is 5.92 Å². The first kappa shape index (κ1) is 9.58. The van der Waals surface area contributed by atoms with Crippen molar-refractivity contribution in [2.45, 2.75) is 19.1 Å². The lowest BCUT2D eigenvalue weighted by molar-refractivity contribution is -0.137. The summed E-state index contributed by atoms with van der Waals surface area (Å²) < 4.78 is 18.8. The number of rotatable bonds is 3. The van der Waals surface area contributed by atoms with Gasteiger partial charge in [-0.15, -0.1) is 0 Å². The predicted molar refractivity (Wildman–Crippen MR) is 37.0 cm³/mol. The van der Waals surface area contributed by atoms with Gasteiger partial charge in [0.2, 0.25) is 0 Å². The van der Waals surface area contributed by atoms with Crippen LogP contribution in [0.15, 0.2) is 0 Å². The molecule has 4 nitrogen and oxygen atoms in total. The quantitative estimate of drug-likeness (QED) is 0.592. The lowest BCUT2D eigenvalue weighted by atomic mass is 10.1. The SMILES string of the molecule is CC(C)C(C(=O)O)S(=O)O. The number of carboxylic acid groups (broad SMARTS) is 1. The highest BCUT2D eigenvalue weighted by Crippen LogP contribution is 2.07. The fourth-order valence-corrected chi connectivity index (χ4v) is 1.24. The van der Waals surface area contributed by atoms with Crippen molar-refractivity contribution in [2.75, 3.05) is 0 Å². The largest absolute Gasteiger partial charge is 0.480 e. The second-order valence-electron chi connectivity index (χ2n) is 2.28. The minimum absolute atomic E-state index is 0.316. The molecule has 0 aliphatic rings. The summed E-state index contributed by atoms with van der Waals surface area (Å²) in [5.41, 5.74) is 0. The molecule has 0 radical (unpaired) electrons. The van der Waals surface area contributed by atoms with E-state index in [0.29, 0.717) is 0 Å². The number of hydrogen-bond acceptors (Lipinski definition) is 2. The normalized spacial score (nSPS) is 16.8. The Balaban J connectivity index is 4.27. The van der Waals surface area contributed by atoms with E-state index in [1.807, 2.05) is 0 Å². The molecule has 0 saturated heterocycles. The molecule has 0 fully saturated rings. The fraction of sp³-hybridized carbons (Fsp3) is 0.800. The summed E-state index contributed by atoms with van der Waals surface area (Å²) in [6.45, 7) is 3.18. The molecule has 10 heavy (non-hydrogen) atoms. The first-order valence-corrected chi connectivity index (χ1v) is 3.96. The highest BCUT2D eigenvalue weighted by Gasteiger charge is 2.26. The van der Waals surface area contributed by atoms with Crippen LogP contribution in [0, 0.1) is 5.92 Å². The van der Waals surface area contributed by atoms with Gasteiger partial charge in [-0.2, -0.15) is 0 Å². The Morgan fingerprint density at radius 2 is 1.90 bits per heavy atom. The van der Waals surface area contributed by atoms with Gasteiger partial charge in [0.1, 0.15) is 0 Å². The van der Waals surface area contributed by atoms with E-state index in [1.165, 1.54) is 0 Å². The van der Waals surface area contributed by atoms with E-state index in [4.69, 9.17) is 9.66 Å². The molecule has 0 aromatic heterocycles. The van der Waals surface area contributed by atoms with Gasteiger partial charge in [0.05, 0.1) is 0 Å². The maximum absolute atomic E-state index is 10.3. The highest BCUT2D eigenvalue weighted by molar-refractivity contribution is 7.80. The van der Waals surface area contributed by atoms with Gasteiger partial charge in [0.15, 0.2) is 16.3 Å². The van der Waals surface area contributed by atoms with Crippen LogP contribution in [0.5, 0.6) is 0 Å². The van der Waals surface area contributed by atoms with E-state index in [1.54, 1.807) is 13.8 Å². The smallest absolute Gasteiger partial charge is 0.321 e. The lowest BCUT2D eigenvalue weighted by Gasteiger charge is -2.10. The molecule has 0 aliphatic heterocycles. The molecule has 5 heteroatoms. The third-order valence-corrected chi connectivity index (χ3v) is 2.25. The van der Waals surface area contributed by atoms with Crippen LogP contribution in [0.2, 0.25) is 0 Å². The molecule has 0 aromatic carbocycles. The molecule has 0 rings (SSSR count). The molecule has 0 heterocycles. The third-order valence-electron chi connectivity index (χ3n) is 1.07. The van der Waals surface area contributed by atoms with Crippen LogP contribution < -0.4 is 0 Å². The zero-order chi connectivity index (χ0) is 8.31. The van der Waals surface area contributed by atoms with Gasteiger partial charge in [-0.3, -0.25) is 4.79 Å². The molecule has 0 spiro atoms. The molecular weight excluding hydrogens is 156 g/mol. The second kappa shape index (κ2) is 3.68. The van der Waals surface area contributed by atoms with Crippen LogP contribution in [0.1, 0.15) is 13.8 Å². The Labute approximate surface area is 61.5 Å². The van der Waals surface area contributed by atoms with Crippen molar-refractivity contribution in [1.82, 2.24) is 0 Å². The summed E-state index contributed by atoms with van der Waals surface area (Å²) in [5, 5.41) is 7.19. The third kappa shape index (κ3) is 2.45. The van der Waals surface area contributed by atoms with Gasteiger partial charge >= 0.3 is 5.97 Å².